The van der Waals surface area contributed by atoms with Crippen LogP contribution in [0.5, 0.6) is 0 Å². The predicted molar refractivity (Wildman–Crippen MR) is 56.6 cm³/mol. The van der Waals surface area contributed by atoms with Gasteiger partial charge >= 0.3 is 5.97 Å². The van der Waals surface area contributed by atoms with Crippen molar-refractivity contribution in [1.29, 1.82) is 0 Å². The van der Waals surface area contributed by atoms with Gasteiger partial charge in [-0.25, -0.2) is 0 Å². The van der Waals surface area contributed by atoms with Crippen molar-refractivity contribution in [2.75, 3.05) is 6.61 Å². The van der Waals surface area contributed by atoms with Crippen LogP contribution in [0.3, 0.4) is 0 Å². The van der Waals surface area contributed by atoms with E-state index in [0.29, 0.717) is 12.5 Å². The van der Waals surface area contributed by atoms with Crippen molar-refractivity contribution in [2.45, 2.75) is 63.6 Å². The van der Waals surface area contributed by atoms with Gasteiger partial charge in [0.1, 0.15) is 6.10 Å². The SMILES string of the molecule is O=C(CCCC1CO1)OC1CCCCC1. The average Bonchev–Trinajstić information content (AvgIpc) is 3.03. The van der Waals surface area contributed by atoms with Gasteiger partial charge < -0.3 is 9.47 Å². The van der Waals surface area contributed by atoms with Gasteiger partial charge in [-0.05, 0) is 38.5 Å². The van der Waals surface area contributed by atoms with E-state index in [2.05, 4.69) is 0 Å². The Balaban J connectivity index is 1.54. The van der Waals surface area contributed by atoms with Crippen LogP contribution >= 0.6 is 0 Å². The number of hydrogen-bond donors (Lipinski definition) is 0. The molecule has 0 radical (unpaired) electrons. The second kappa shape index (κ2) is 5.50. The number of ether oxygens (including phenoxy) is 2. The predicted octanol–water partition coefficient (Wildman–Crippen LogP) is 2.43. The van der Waals surface area contributed by atoms with Gasteiger partial charge in [-0.2, -0.15) is 0 Å². The lowest BCUT2D eigenvalue weighted by Crippen LogP contribution is -2.20. The fraction of sp³-hybridized carbons (Fsp3) is 0.917. The summed E-state index contributed by atoms with van der Waals surface area (Å²) in [6.45, 7) is 0.887. The van der Waals surface area contributed by atoms with E-state index >= 15 is 0 Å². The first kappa shape index (κ1) is 10.9. The summed E-state index contributed by atoms with van der Waals surface area (Å²) < 4.78 is 10.5. The number of rotatable bonds is 5. The Labute approximate surface area is 91.1 Å². The molecule has 1 atom stereocenters. The van der Waals surface area contributed by atoms with Crippen LogP contribution in [0.15, 0.2) is 0 Å². The summed E-state index contributed by atoms with van der Waals surface area (Å²) in [7, 11) is 0. The highest BCUT2D eigenvalue weighted by atomic mass is 16.6. The number of carbonyl (C=O) groups excluding carboxylic acids is 1. The molecule has 2 fully saturated rings. The molecule has 3 nitrogen and oxygen atoms in total. The minimum atomic E-state index is -0.0115. The van der Waals surface area contributed by atoms with Gasteiger partial charge in [0.25, 0.3) is 0 Å². The summed E-state index contributed by atoms with van der Waals surface area (Å²) in [5.41, 5.74) is 0. The molecule has 1 saturated carbocycles. The number of hydrogen-bond acceptors (Lipinski definition) is 3. The fourth-order valence-electron chi connectivity index (χ4n) is 2.14. The van der Waals surface area contributed by atoms with Gasteiger partial charge in [-0.1, -0.05) is 6.42 Å². The number of epoxide rings is 1. The largest absolute Gasteiger partial charge is 0.462 e. The van der Waals surface area contributed by atoms with Gasteiger partial charge in [0.15, 0.2) is 0 Å². The highest BCUT2D eigenvalue weighted by molar-refractivity contribution is 5.69. The maximum Gasteiger partial charge on any atom is 0.306 e. The highest BCUT2D eigenvalue weighted by Gasteiger charge is 2.22. The molecule has 1 unspecified atom stereocenters. The summed E-state index contributed by atoms with van der Waals surface area (Å²) in [6, 6.07) is 0. The first-order chi connectivity index (χ1) is 7.34. The number of carbonyl (C=O) groups is 1. The lowest BCUT2D eigenvalue weighted by molar-refractivity contribution is -0.150. The van der Waals surface area contributed by atoms with Crippen LogP contribution in [-0.2, 0) is 14.3 Å². The molecule has 2 aliphatic rings. The average molecular weight is 212 g/mol. The third-order valence-electron chi connectivity index (χ3n) is 3.16. The zero-order valence-corrected chi connectivity index (χ0v) is 9.24. The smallest absolute Gasteiger partial charge is 0.306 e. The molecule has 3 heteroatoms. The third-order valence-corrected chi connectivity index (χ3v) is 3.16. The van der Waals surface area contributed by atoms with E-state index in [1.807, 2.05) is 0 Å². The number of esters is 1. The van der Waals surface area contributed by atoms with Gasteiger partial charge in [0, 0.05) is 6.42 Å². The lowest BCUT2D eigenvalue weighted by Gasteiger charge is -2.21. The molecule has 1 aliphatic carbocycles. The Morgan fingerprint density at radius 2 is 2.00 bits per heavy atom. The Kier molecular flexibility index (Phi) is 4.01. The van der Waals surface area contributed by atoms with Crippen LogP contribution in [0, 0.1) is 0 Å². The molecule has 0 N–H and O–H groups in total. The van der Waals surface area contributed by atoms with Crippen LogP contribution in [-0.4, -0.2) is 24.8 Å². The maximum absolute atomic E-state index is 11.5. The maximum atomic E-state index is 11.5. The molecule has 1 saturated heterocycles. The molecule has 0 bridgehead atoms. The van der Waals surface area contributed by atoms with Crippen LogP contribution in [0.4, 0.5) is 0 Å². The topological polar surface area (TPSA) is 38.8 Å². The van der Waals surface area contributed by atoms with Crippen LogP contribution < -0.4 is 0 Å². The van der Waals surface area contributed by atoms with E-state index in [1.54, 1.807) is 0 Å². The van der Waals surface area contributed by atoms with E-state index < -0.39 is 0 Å². The molecule has 1 heterocycles. The second-order valence-electron chi connectivity index (χ2n) is 4.60. The van der Waals surface area contributed by atoms with Gasteiger partial charge in [-0.15, -0.1) is 0 Å². The van der Waals surface area contributed by atoms with Crippen molar-refractivity contribution in [3.63, 3.8) is 0 Å². The molecule has 0 spiro atoms. The van der Waals surface area contributed by atoms with Gasteiger partial charge in [0.05, 0.1) is 12.7 Å². The summed E-state index contributed by atoms with van der Waals surface area (Å²) in [4.78, 5) is 11.5. The molecule has 86 valence electrons. The summed E-state index contributed by atoms with van der Waals surface area (Å²) in [5, 5.41) is 0. The molecule has 0 amide bonds. The molecule has 2 rings (SSSR count). The Bertz CT molecular complexity index is 205. The third kappa shape index (κ3) is 4.20. The second-order valence-corrected chi connectivity index (χ2v) is 4.60. The zero-order chi connectivity index (χ0) is 10.5. The molecule has 15 heavy (non-hydrogen) atoms. The van der Waals surface area contributed by atoms with Crippen molar-refractivity contribution >= 4 is 5.97 Å². The van der Waals surface area contributed by atoms with E-state index in [0.717, 1.165) is 32.3 Å². The van der Waals surface area contributed by atoms with Gasteiger partial charge in [0.2, 0.25) is 0 Å². The van der Waals surface area contributed by atoms with E-state index in [-0.39, 0.29) is 12.1 Å². The molecular formula is C12H20O3. The first-order valence-corrected chi connectivity index (χ1v) is 6.15. The lowest BCUT2D eigenvalue weighted by atomic mass is 9.98. The van der Waals surface area contributed by atoms with Crippen molar-refractivity contribution < 1.29 is 14.3 Å². The van der Waals surface area contributed by atoms with E-state index in [9.17, 15) is 4.79 Å². The molecule has 0 aromatic rings. The molecular weight excluding hydrogens is 192 g/mol. The summed E-state index contributed by atoms with van der Waals surface area (Å²) in [6.07, 6.45) is 9.01. The van der Waals surface area contributed by atoms with E-state index in [4.69, 9.17) is 9.47 Å². The molecule has 0 aromatic carbocycles. The normalized spacial score (nSPS) is 26.3. The fourth-order valence-corrected chi connectivity index (χ4v) is 2.14. The van der Waals surface area contributed by atoms with E-state index in [1.165, 1.54) is 19.3 Å². The Morgan fingerprint density at radius 1 is 1.27 bits per heavy atom. The minimum absolute atomic E-state index is 0.0115. The molecule has 0 aromatic heterocycles. The quantitative estimate of drug-likeness (QED) is 0.519. The summed E-state index contributed by atoms with van der Waals surface area (Å²) in [5.74, 6) is -0.0115. The standard InChI is InChI=1S/C12H20O3/c13-12(8-4-7-11-9-14-11)15-10-5-2-1-3-6-10/h10-11H,1-9H2. The van der Waals surface area contributed by atoms with Crippen molar-refractivity contribution in [3.05, 3.63) is 0 Å². The Morgan fingerprint density at radius 3 is 2.67 bits per heavy atom. The van der Waals surface area contributed by atoms with Crippen LogP contribution in [0.2, 0.25) is 0 Å². The van der Waals surface area contributed by atoms with Crippen molar-refractivity contribution in [1.82, 2.24) is 0 Å². The van der Waals surface area contributed by atoms with Crippen LogP contribution in [0.25, 0.3) is 0 Å². The Hall–Kier alpha value is -0.570. The monoisotopic (exact) mass is 212 g/mol. The van der Waals surface area contributed by atoms with Crippen LogP contribution in [0.1, 0.15) is 51.4 Å². The van der Waals surface area contributed by atoms with Gasteiger partial charge in [-0.3, -0.25) is 4.79 Å². The highest BCUT2D eigenvalue weighted by Crippen LogP contribution is 2.21. The first-order valence-electron chi connectivity index (χ1n) is 6.15. The summed E-state index contributed by atoms with van der Waals surface area (Å²) >= 11 is 0. The van der Waals surface area contributed by atoms with Crippen molar-refractivity contribution in [3.8, 4) is 0 Å². The molecule has 1 aliphatic heterocycles. The zero-order valence-electron chi connectivity index (χ0n) is 9.24. The van der Waals surface area contributed by atoms with Crippen molar-refractivity contribution in [2.24, 2.45) is 0 Å². The minimum Gasteiger partial charge on any atom is -0.462 e.